The third-order valence-corrected chi connectivity index (χ3v) is 8.87. The molecule has 3 aromatic rings. The lowest BCUT2D eigenvalue weighted by atomic mass is 9.84. The molecule has 1 fully saturated rings. The lowest BCUT2D eigenvalue weighted by Gasteiger charge is -2.43. The second-order valence-corrected chi connectivity index (χ2v) is 12.8. The largest absolute Gasteiger partial charge is 0.494 e. The van der Waals surface area contributed by atoms with Gasteiger partial charge in [-0.1, -0.05) is 48.5 Å². The number of piperidine rings is 1. The van der Waals surface area contributed by atoms with Crippen LogP contribution in [0, 0.1) is 0 Å². The van der Waals surface area contributed by atoms with E-state index < -0.39 is 24.4 Å². The molecular weight excluding hydrogens is 640 g/mol. The summed E-state index contributed by atoms with van der Waals surface area (Å²) in [5, 5.41) is 10.2. The molecule has 1 amide bonds. The Morgan fingerprint density at radius 1 is 0.880 bits per heavy atom. The number of amides is 1. The molecule has 1 N–H and O–H groups in total. The zero-order valence-corrected chi connectivity index (χ0v) is 29.5. The van der Waals surface area contributed by atoms with Gasteiger partial charge >= 0.3 is 6.09 Å². The monoisotopic (exact) mass is 692 g/mol. The fraction of sp³-hybridized carbons (Fsp3) is 0.513. The summed E-state index contributed by atoms with van der Waals surface area (Å²) in [6, 6.07) is 23.7. The molecule has 0 saturated carbocycles. The first-order valence-electron chi connectivity index (χ1n) is 17.5. The van der Waals surface area contributed by atoms with Gasteiger partial charge in [0.25, 0.3) is 0 Å². The van der Waals surface area contributed by atoms with Crippen LogP contribution >= 0.6 is 0 Å². The highest BCUT2D eigenvalue weighted by Gasteiger charge is 2.42. The van der Waals surface area contributed by atoms with Crippen molar-refractivity contribution < 1.29 is 43.1 Å². The minimum absolute atomic E-state index is 0.116. The molecule has 0 unspecified atom stereocenters. The van der Waals surface area contributed by atoms with E-state index in [9.17, 15) is 9.90 Å². The predicted octanol–water partition coefficient (Wildman–Crippen LogP) is 5.42. The van der Waals surface area contributed by atoms with Gasteiger partial charge in [-0.2, -0.15) is 0 Å². The number of rotatable bonds is 18. The molecule has 2 aliphatic heterocycles. The quantitative estimate of drug-likeness (QED) is 0.174. The average molecular weight is 693 g/mol. The smallest absolute Gasteiger partial charge is 0.410 e. The van der Waals surface area contributed by atoms with Gasteiger partial charge in [0.15, 0.2) is 0 Å². The summed E-state index contributed by atoms with van der Waals surface area (Å²) in [6.07, 6.45) is -0.310. The maximum atomic E-state index is 13.5. The van der Waals surface area contributed by atoms with Gasteiger partial charge in [0.1, 0.15) is 24.7 Å². The molecule has 272 valence electrons. The number of nitrogens with zero attached hydrogens (tertiary/aromatic N) is 2. The fourth-order valence-electron chi connectivity index (χ4n) is 6.36. The lowest BCUT2D eigenvalue weighted by molar-refractivity contribution is -0.103. The molecule has 1 saturated heterocycles. The molecule has 11 heteroatoms. The van der Waals surface area contributed by atoms with Crippen molar-refractivity contribution in [1.82, 2.24) is 4.90 Å². The standard InChI is InChI=1S/C39H52N2O9/c1-29(42)26-48-36-24-41(39(43)50-27-30-9-5-4-6-10-30)25-37(38(36)32-12-14-33(15-13-32)46-21-8-20-45-3)49-28-31-11-16-35-34(23-31)40(18-22-47-35)17-7-19-44-2/h4-6,9-16,23,29,36-38,42H,7-8,17-22,24-28H2,1-3H3/t29-,36+,37-,38-/m0/s1. The zero-order chi connectivity index (χ0) is 35.1. The van der Waals surface area contributed by atoms with Crippen LogP contribution < -0.4 is 14.4 Å². The van der Waals surface area contributed by atoms with Crippen LogP contribution in [-0.4, -0.2) is 108 Å². The first-order valence-corrected chi connectivity index (χ1v) is 17.5. The summed E-state index contributed by atoms with van der Waals surface area (Å²) in [4.78, 5) is 17.5. The van der Waals surface area contributed by atoms with Crippen LogP contribution in [0.25, 0.3) is 0 Å². The minimum Gasteiger partial charge on any atom is -0.494 e. The van der Waals surface area contributed by atoms with Gasteiger partial charge in [0, 0.05) is 46.3 Å². The third kappa shape index (κ3) is 10.8. The molecule has 3 aromatic carbocycles. The number of fused-ring (bicyclic) bond motifs is 1. The van der Waals surface area contributed by atoms with Crippen molar-refractivity contribution in [1.29, 1.82) is 0 Å². The molecule has 2 heterocycles. The first-order chi connectivity index (χ1) is 24.4. The number of carbonyl (C=O) groups is 1. The third-order valence-electron chi connectivity index (χ3n) is 8.87. The Labute approximate surface area is 295 Å². The van der Waals surface area contributed by atoms with E-state index in [4.69, 9.17) is 33.2 Å². The predicted molar refractivity (Wildman–Crippen MR) is 190 cm³/mol. The number of carbonyl (C=O) groups excluding carboxylic acids is 1. The van der Waals surface area contributed by atoms with E-state index in [2.05, 4.69) is 11.0 Å². The SMILES string of the molecule is COCCCOc1ccc([C@@H]2[C@@H](OCc3ccc4c(c3)N(CCCOC)CCO4)CN(C(=O)OCc3ccccc3)C[C@H]2OC[C@H](C)O)cc1. The molecule has 11 nitrogen and oxygen atoms in total. The lowest BCUT2D eigenvalue weighted by Crippen LogP contribution is -2.55. The van der Waals surface area contributed by atoms with E-state index in [0.29, 0.717) is 39.6 Å². The van der Waals surface area contributed by atoms with Crippen molar-refractivity contribution in [2.24, 2.45) is 0 Å². The number of anilines is 1. The Bertz CT molecular complexity index is 1440. The maximum absolute atomic E-state index is 13.5. The summed E-state index contributed by atoms with van der Waals surface area (Å²) >= 11 is 0. The van der Waals surface area contributed by atoms with E-state index in [1.54, 1.807) is 26.0 Å². The molecule has 0 aliphatic carbocycles. The molecular formula is C39H52N2O9. The van der Waals surface area contributed by atoms with Gasteiger partial charge in [-0.15, -0.1) is 0 Å². The second-order valence-electron chi connectivity index (χ2n) is 12.8. The minimum atomic E-state index is -0.678. The van der Waals surface area contributed by atoms with Crippen LogP contribution in [0.15, 0.2) is 72.8 Å². The van der Waals surface area contributed by atoms with Gasteiger partial charge in [-0.05, 0) is 54.3 Å². The van der Waals surface area contributed by atoms with E-state index >= 15 is 0 Å². The maximum Gasteiger partial charge on any atom is 0.410 e. The second kappa shape index (κ2) is 19.5. The Kier molecular flexibility index (Phi) is 14.6. The van der Waals surface area contributed by atoms with Crippen LogP contribution in [0.5, 0.6) is 11.5 Å². The summed E-state index contributed by atoms with van der Waals surface area (Å²) in [5.74, 6) is 1.38. The topological polar surface area (TPSA) is 108 Å². The van der Waals surface area contributed by atoms with Crippen LogP contribution in [0.3, 0.4) is 0 Å². The number of likely N-dealkylation sites (tertiary alicyclic amines) is 1. The highest BCUT2D eigenvalue weighted by Crippen LogP contribution is 2.36. The van der Waals surface area contributed by atoms with Crippen LogP contribution in [0.2, 0.25) is 0 Å². The Morgan fingerprint density at radius 2 is 1.62 bits per heavy atom. The van der Waals surface area contributed by atoms with Crippen molar-refractivity contribution in [3.63, 3.8) is 0 Å². The van der Waals surface area contributed by atoms with E-state index in [-0.39, 0.29) is 25.7 Å². The summed E-state index contributed by atoms with van der Waals surface area (Å²) in [5.41, 5.74) is 3.94. The van der Waals surface area contributed by atoms with Gasteiger partial charge in [-0.3, -0.25) is 0 Å². The Hall–Kier alpha value is -3.87. The number of benzene rings is 3. The highest BCUT2D eigenvalue weighted by molar-refractivity contribution is 5.68. The number of hydrogen-bond donors (Lipinski definition) is 1. The molecule has 50 heavy (non-hydrogen) atoms. The highest BCUT2D eigenvalue weighted by atomic mass is 16.6. The molecule has 0 radical (unpaired) electrons. The van der Waals surface area contributed by atoms with Crippen LogP contribution in [0.1, 0.15) is 42.4 Å². The van der Waals surface area contributed by atoms with Crippen molar-refractivity contribution >= 4 is 11.8 Å². The molecule has 0 aromatic heterocycles. The van der Waals surface area contributed by atoms with Gasteiger partial charge in [-0.25, -0.2) is 4.79 Å². The van der Waals surface area contributed by atoms with E-state index in [1.165, 1.54) is 0 Å². The molecule has 2 aliphatic rings. The number of ether oxygens (including phenoxy) is 7. The van der Waals surface area contributed by atoms with Crippen molar-refractivity contribution in [2.75, 3.05) is 78.3 Å². The number of aliphatic hydroxyl groups excluding tert-OH is 1. The molecule has 0 spiro atoms. The number of methoxy groups -OCH3 is 2. The van der Waals surface area contributed by atoms with E-state index in [1.807, 2.05) is 66.7 Å². The molecule has 0 bridgehead atoms. The summed E-state index contributed by atoms with van der Waals surface area (Å²) in [6.45, 7) is 7.07. The van der Waals surface area contributed by atoms with E-state index in [0.717, 1.165) is 59.8 Å². The van der Waals surface area contributed by atoms with Crippen LogP contribution in [0.4, 0.5) is 10.5 Å². The normalized spacial score (nSPS) is 19.4. The van der Waals surface area contributed by atoms with Gasteiger partial charge in [0.2, 0.25) is 0 Å². The number of aliphatic hydroxyl groups is 1. The summed E-state index contributed by atoms with van der Waals surface area (Å²) < 4.78 is 41.1. The van der Waals surface area contributed by atoms with Gasteiger partial charge in [0.05, 0.1) is 63.5 Å². The molecule has 5 rings (SSSR count). The fourth-order valence-corrected chi connectivity index (χ4v) is 6.36. The zero-order valence-electron chi connectivity index (χ0n) is 29.5. The van der Waals surface area contributed by atoms with Crippen molar-refractivity contribution in [3.8, 4) is 11.5 Å². The van der Waals surface area contributed by atoms with Gasteiger partial charge < -0.3 is 48.1 Å². The Morgan fingerprint density at radius 3 is 2.36 bits per heavy atom. The first kappa shape index (κ1) is 37.4. The molecule has 4 atom stereocenters. The summed E-state index contributed by atoms with van der Waals surface area (Å²) in [7, 11) is 3.40. The Balaban J connectivity index is 1.37. The van der Waals surface area contributed by atoms with Crippen molar-refractivity contribution in [2.45, 2.75) is 57.2 Å². The number of hydrogen-bond acceptors (Lipinski definition) is 10. The average Bonchev–Trinajstić information content (AvgIpc) is 3.14. The van der Waals surface area contributed by atoms with Crippen molar-refractivity contribution in [3.05, 3.63) is 89.5 Å². The van der Waals surface area contributed by atoms with Crippen LogP contribution in [-0.2, 0) is 36.9 Å².